The van der Waals surface area contributed by atoms with Crippen LogP contribution in [-0.2, 0) is 12.7 Å². The molecule has 1 aliphatic rings. The molecule has 2 aromatic rings. The first-order valence-electron chi connectivity index (χ1n) is 9.26. The van der Waals surface area contributed by atoms with Crippen LogP contribution in [0.4, 0.5) is 13.2 Å². The lowest BCUT2D eigenvalue weighted by Crippen LogP contribution is -2.46. The zero-order valence-corrected chi connectivity index (χ0v) is 15.7. The maximum atomic E-state index is 12.9. The molecule has 27 heavy (non-hydrogen) atoms. The highest BCUT2D eigenvalue weighted by atomic mass is 19.4. The van der Waals surface area contributed by atoms with Crippen LogP contribution in [0.5, 0.6) is 0 Å². The Kier molecular flexibility index (Phi) is 6.16. The molecule has 3 rings (SSSR count). The van der Waals surface area contributed by atoms with E-state index in [9.17, 15) is 13.2 Å². The molecule has 0 atom stereocenters. The lowest BCUT2D eigenvalue weighted by atomic mass is 10.1. The Balaban J connectivity index is 1.56. The highest BCUT2D eigenvalue weighted by Crippen LogP contribution is 2.31. The van der Waals surface area contributed by atoms with Gasteiger partial charge in [0.2, 0.25) is 11.7 Å². The van der Waals surface area contributed by atoms with Crippen LogP contribution in [0, 0.1) is 5.92 Å². The number of alkyl halides is 3. The van der Waals surface area contributed by atoms with Crippen molar-refractivity contribution in [2.45, 2.75) is 33.0 Å². The molecule has 0 unspecified atom stereocenters. The second-order valence-electron chi connectivity index (χ2n) is 7.39. The fourth-order valence-electron chi connectivity index (χ4n) is 3.07. The highest BCUT2D eigenvalue weighted by Gasteiger charge is 2.30. The van der Waals surface area contributed by atoms with E-state index in [2.05, 4.69) is 33.8 Å². The number of halogens is 3. The Bertz CT molecular complexity index is 737. The van der Waals surface area contributed by atoms with Crippen LogP contribution in [0.25, 0.3) is 11.4 Å². The third-order valence-electron chi connectivity index (χ3n) is 4.76. The molecule has 0 radical (unpaired) electrons. The monoisotopic (exact) mass is 382 g/mol. The van der Waals surface area contributed by atoms with E-state index < -0.39 is 11.7 Å². The number of piperazine rings is 1. The number of hydrogen-bond donors (Lipinski definition) is 0. The predicted octanol–water partition coefficient (Wildman–Crippen LogP) is 3.92. The van der Waals surface area contributed by atoms with Gasteiger partial charge in [-0.15, -0.1) is 0 Å². The van der Waals surface area contributed by atoms with Crippen molar-refractivity contribution in [1.82, 2.24) is 19.9 Å². The second-order valence-corrected chi connectivity index (χ2v) is 7.39. The molecule has 0 bridgehead atoms. The largest absolute Gasteiger partial charge is 0.416 e. The summed E-state index contributed by atoms with van der Waals surface area (Å²) in [6, 6.07) is 4.98. The van der Waals surface area contributed by atoms with Crippen LogP contribution in [-0.4, -0.2) is 52.7 Å². The third-order valence-corrected chi connectivity index (χ3v) is 4.76. The van der Waals surface area contributed by atoms with Crippen molar-refractivity contribution in [2.24, 2.45) is 5.92 Å². The predicted molar refractivity (Wildman–Crippen MR) is 95.9 cm³/mol. The Hall–Kier alpha value is -1.93. The summed E-state index contributed by atoms with van der Waals surface area (Å²) in [6.45, 7) is 9.93. The van der Waals surface area contributed by atoms with Gasteiger partial charge in [-0.1, -0.05) is 31.1 Å². The summed E-state index contributed by atoms with van der Waals surface area (Å²) in [6.07, 6.45) is -3.19. The molecule has 5 nitrogen and oxygen atoms in total. The summed E-state index contributed by atoms with van der Waals surface area (Å²) in [7, 11) is 0. The Labute approximate surface area is 157 Å². The highest BCUT2D eigenvalue weighted by molar-refractivity contribution is 5.55. The molecule has 1 fully saturated rings. The minimum Gasteiger partial charge on any atom is -0.338 e. The lowest BCUT2D eigenvalue weighted by molar-refractivity contribution is -0.137. The summed E-state index contributed by atoms with van der Waals surface area (Å²) < 4.78 is 43.8. The molecule has 2 heterocycles. The lowest BCUT2D eigenvalue weighted by Gasteiger charge is -2.34. The van der Waals surface area contributed by atoms with Crippen LogP contribution in [0.1, 0.15) is 31.7 Å². The number of hydrogen-bond acceptors (Lipinski definition) is 5. The summed E-state index contributed by atoms with van der Waals surface area (Å²) in [5.41, 5.74) is -0.415. The van der Waals surface area contributed by atoms with Gasteiger partial charge in [-0.3, -0.25) is 4.90 Å². The molecule has 1 aromatic carbocycles. The molecular weight excluding hydrogens is 357 g/mol. The normalized spacial score (nSPS) is 17.0. The molecule has 1 saturated heterocycles. The maximum absolute atomic E-state index is 12.9. The number of rotatable bonds is 6. The van der Waals surface area contributed by atoms with E-state index in [-0.39, 0.29) is 5.82 Å². The van der Waals surface area contributed by atoms with Gasteiger partial charge in [-0.25, -0.2) is 0 Å². The van der Waals surface area contributed by atoms with E-state index in [0.29, 0.717) is 23.9 Å². The van der Waals surface area contributed by atoms with Gasteiger partial charge in [0.15, 0.2) is 0 Å². The molecule has 1 aromatic heterocycles. The number of nitrogens with zero attached hydrogens (tertiary/aromatic N) is 4. The Morgan fingerprint density at radius 3 is 2.48 bits per heavy atom. The molecule has 0 aliphatic carbocycles. The fourth-order valence-corrected chi connectivity index (χ4v) is 3.07. The van der Waals surface area contributed by atoms with Gasteiger partial charge >= 0.3 is 6.18 Å². The minimum atomic E-state index is -4.39. The Morgan fingerprint density at radius 1 is 1.11 bits per heavy atom. The van der Waals surface area contributed by atoms with Gasteiger partial charge in [0.05, 0.1) is 12.1 Å². The van der Waals surface area contributed by atoms with E-state index in [0.717, 1.165) is 44.9 Å². The van der Waals surface area contributed by atoms with Gasteiger partial charge in [-0.05, 0) is 31.0 Å². The molecule has 148 valence electrons. The van der Waals surface area contributed by atoms with Crippen LogP contribution >= 0.6 is 0 Å². The van der Waals surface area contributed by atoms with Gasteiger partial charge in [-0.2, -0.15) is 18.2 Å². The van der Waals surface area contributed by atoms with E-state index >= 15 is 0 Å². The first kappa shape index (κ1) is 19.8. The van der Waals surface area contributed by atoms with Gasteiger partial charge in [0.25, 0.3) is 0 Å². The fraction of sp³-hybridized carbons (Fsp3) is 0.579. The van der Waals surface area contributed by atoms with Crippen molar-refractivity contribution in [2.75, 3.05) is 32.7 Å². The molecule has 0 spiro atoms. The van der Waals surface area contributed by atoms with Gasteiger partial charge < -0.3 is 9.42 Å². The van der Waals surface area contributed by atoms with Gasteiger partial charge in [0.1, 0.15) is 0 Å². The summed E-state index contributed by atoms with van der Waals surface area (Å²) in [5.74, 6) is 1.32. The first-order valence-corrected chi connectivity index (χ1v) is 9.26. The van der Waals surface area contributed by atoms with Crippen molar-refractivity contribution in [3.05, 3.63) is 35.7 Å². The molecule has 0 amide bonds. The number of benzene rings is 1. The summed E-state index contributed by atoms with van der Waals surface area (Å²) in [4.78, 5) is 8.96. The van der Waals surface area contributed by atoms with Crippen molar-refractivity contribution < 1.29 is 17.7 Å². The minimum absolute atomic E-state index is 0.187. The zero-order valence-electron chi connectivity index (χ0n) is 15.7. The third kappa shape index (κ3) is 5.52. The SMILES string of the molecule is CC(C)CCN1CCN(Cc2nc(-c3cccc(C(F)(F)F)c3)no2)CC1. The van der Waals surface area contributed by atoms with E-state index in [1.807, 2.05) is 0 Å². The standard InChI is InChI=1S/C19H25F3N4O/c1-14(2)6-7-25-8-10-26(11-9-25)13-17-23-18(24-27-17)15-4-3-5-16(12-15)19(20,21)22/h3-5,12,14H,6-11,13H2,1-2H3. The Morgan fingerprint density at radius 2 is 1.81 bits per heavy atom. The van der Waals surface area contributed by atoms with Crippen molar-refractivity contribution in [1.29, 1.82) is 0 Å². The molecule has 1 aliphatic heterocycles. The topological polar surface area (TPSA) is 45.4 Å². The second kappa shape index (κ2) is 8.39. The summed E-state index contributed by atoms with van der Waals surface area (Å²) >= 11 is 0. The van der Waals surface area contributed by atoms with E-state index in [1.54, 1.807) is 6.07 Å². The van der Waals surface area contributed by atoms with Crippen molar-refractivity contribution in [3.63, 3.8) is 0 Å². The van der Waals surface area contributed by atoms with Crippen molar-refractivity contribution in [3.8, 4) is 11.4 Å². The quantitative estimate of drug-likeness (QED) is 0.758. The molecule has 0 N–H and O–H groups in total. The van der Waals surface area contributed by atoms with E-state index in [1.165, 1.54) is 12.5 Å². The zero-order chi connectivity index (χ0) is 19.4. The number of aromatic nitrogens is 2. The molecular formula is C19H25F3N4O. The van der Waals surface area contributed by atoms with Crippen LogP contribution in [0.15, 0.2) is 28.8 Å². The van der Waals surface area contributed by atoms with Crippen LogP contribution < -0.4 is 0 Å². The molecule has 0 saturated carbocycles. The average Bonchev–Trinajstić information content (AvgIpc) is 3.09. The smallest absolute Gasteiger partial charge is 0.338 e. The average molecular weight is 382 g/mol. The summed E-state index contributed by atoms with van der Waals surface area (Å²) in [5, 5.41) is 3.85. The maximum Gasteiger partial charge on any atom is 0.416 e. The first-order chi connectivity index (χ1) is 12.8. The van der Waals surface area contributed by atoms with E-state index in [4.69, 9.17) is 4.52 Å². The van der Waals surface area contributed by atoms with Crippen LogP contribution in [0.2, 0.25) is 0 Å². The van der Waals surface area contributed by atoms with Crippen molar-refractivity contribution >= 4 is 0 Å². The molecule has 8 heteroatoms. The van der Waals surface area contributed by atoms with Crippen LogP contribution in [0.3, 0.4) is 0 Å². The van der Waals surface area contributed by atoms with Gasteiger partial charge in [0, 0.05) is 31.7 Å².